The minimum atomic E-state index is -0.404. The fraction of sp³-hybridized carbons (Fsp3) is 0.158. The third kappa shape index (κ3) is 5.69. The van der Waals surface area contributed by atoms with Gasteiger partial charge in [0.05, 0.1) is 13.5 Å². The van der Waals surface area contributed by atoms with Crippen LogP contribution in [0.4, 0.5) is 0 Å². The number of ether oxygens (including phenoxy) is 2. The summed E-state index contributed by atoms with van der Waals surface area (Å²) in [5.74, 6) is 0.640. The summed E-state index contributed by atoms with van der Waals surface area (Å²) in [6.07, 6.45) is 1.79. The van der Waals surface area contributed by atoms with Gasteiger partial charge in [0.15, 0.2) is 0 Å². The van der Waals surface area contributed by atoms with Crippen molar-refractivity contribution in [2.24, 2.45) is 0 Å². The van der Waals surface area contributed by atoms with Crippen LogP contribution in [0.25, 0.3) is 0 Å². The van der Waals surface area contributed by atoms with Crippen LogP contribution in [0.5, 0.6) is 11.5 Å². The van der Waals surface area contributed by atoms with Crippen molar-refractivity contribution in [3.63, 3.8) is 0 Å². The van der Waals surface area contributed by atoms with Gasteiger partial charge in [0.2, 0.25) is 5.91 Å². The van der Waals surface area contributed by atoms with Gasteiger partial charge < -0.3 is 9.47 Å². The Morgan fingerprint density at radius 1 is 1.00 bits per heavy atom. The van der Waals surface area contributed by atoms with Gasteiger partial charge in [-0.25, -0.2) is 0 Å². The molecule has 0 heterocycles. The molecule has 2 amide bonds. The van der Waals surface area contributed by atoms with Gasteiger partial charge >= 0.3 is 0 Å². The second-order valence-electron chi connectivity index (χ2n) is 5.15. The van der Waals surface area contributed by atoms with Crippen LogP contribution in [0, 0.1) is 0 Å². The average Bonchev–Trinajstić information content (AvgIpc) is 2.65. The Hall–Kier alpha value is -3.28. The third-order valence-electron chi connectivity index (χ3n) is 3.32. The molecule has 25 heavy (non-hydrogen) atoms. The predicted octanol–water partition coefficient (Wildman–Crippen LogP) is 2.26. The van der Waals surface area contributed by atoms with E-state index in [1.807, 2.05) is 0 Å². The molecule has 130 valence electrons. The Balaban J connectivity index is 1.81. The Kier molecular flexibility index (Phi) is 6.59. The lowest BCUT2D eigenvalue weighted by Gasteiger charge is -2.09. The summed E-state index contributed by atoms with van der Waals surface area (Å²) in [7, 11) is 1.58. The SMILES string of the molecule is C=CCOc1ccc(C(=O)NNC(=O)Cc2ccc(OC)cc2)cc1. The number of benzene rings is 2. The molecule has 0 bridgehead atoms. The van der Waals surface area contributed by atoms with Gasteiger partial charge in [0.25, 0.3) is 5.91 Å². The number of carbonyl (C=O) groups excluding carboxylic acids is 2. The van der Waals surface area contributed by atoms with Crippen LogP contribution >= 0.6 is 0 Å². The highest BCUT2D eigenvalue weighted by Gasteiger charge is 2.08. The second-order valence-corrected chi connectivity index (χ2v) is 5.15. The van der Waals surface area contributed by atoms with Gasteiger partial charge in [0.1, 0.15) is 18.1 Å². The summed E-state index contributed by atoms with van der Waals surface area (Å²) in [5.41, 5.74) is 6.01. The average molecular weight is 340 g/mol. The summed E-state index contributed by atoms with van der Waals surface area (Å²) >= 11 is 0. The lowest BCUT2D eigenvalue weighted by Crippen LogP contribution is -2.42. The molecule has 0 aliphatic heterocycles. The van der Waals surface area contributed by atoms with E-state index in [1.165, 1.54) is 0 Å². The molecule has 0 radical (unpaired) electrons. The zero-order valence-corrected chi connectivity index (χ0v) is 14.0. The fourth-order valence-corrected chi connectivity index (χ4v) is 2.03. The van der Waals surface area contributed by atoms with E-state index in [0.717, 1.165) is 11.3 Å². The van der Waals surface area contributed by atoms with Crippen LogP contribution in [0.15, 0.2) is 61.2 Å². The Labute approximate surface area is 146 Å². The largest absolute Gasteiger partial charge is 0.497 e. The first-order valence-electron chi connectivity index (χ1n) is 7.68. The number of nitrogens with one attached hydrogen (secondary N) is 2. The van der Waals surface area contributed by atoms with E-state index in [0.29, 0.717) is 17.9 Å². The minimum Gasteiger partial charge on any atom is -0.497 e. The summed E-state index contributed by atoms with van der Waals surface area (Å²) in [6.45, 7) is 3.96. The maximum absolute atomic E-state index is 12.0. The molecule has 0 fully saturated rings. The first-order chi connectivity index (χ1) is 12.1. The quantitative estimate of drug-likeness (QED) is 0.599. The van der Waals surface area contributed by atoms with E-state index < -0.39 is 5.91 Å². The van der Waals surface area contributed by atoms with E-state index >= 15 is 0 Å². The van der Waals surface area contributed by atoms with E-state index in [1.54, 1.807) is 61.7 Å². The molecule has 0 saturated heterocycles. The lowest BCUT2D eigenvalue weighted by atomic mass is 10.1. The molecule has 0 saturated carbocycles. The van der Waals surface area contributed by atoms with Crippen LogP contribution in [0.2, 0.25) is 0 Å². The van der Waals surface area contributed by atoms with E-state index in [2.05, 4.69) is 17.4 Å². The molecule has 6 nitrogen and oxygen atoms in total. The molecule has 0 aliphatic carbocycles. The minimum absolute atomic E-state index is 0.151. The van der Waals surface area contributed by atoms with Gasteiger partial charge in [-0.05, 0) is 42.0 Å². The Morgan fingerprint density at radius 2 is 1.64 bits per heavy atom. The number of hydrogen-bond acceptors (Lipinski definition) is 4. The van der Waals surface area contributed by atoms with Crippen molar-refractivity contribution in [1.82, 2.24) is 10.9 Å². The number of rotatable bonds is 7. The van der Waals surface area contributed by atoms with Crippen LogP contribution in [-0.4, -0.2) is 25.5 Å². The maximum Gasteiger partial charge on any atom is 0.269 e. The maximum atomic E-state index is 12.0. The molecule has 2 aromatic rings. The summed E-state index contributed by atoms with van der Waals surface area (Å²) < 4.78 is 10.4. The normalized spacial score (nSPS) is 9.80. The highest BCUT2D eigenvalue weighted by molar-refractivity contribution is 5.95. The van der Waals surface area contributed by atoms with Gasteiger partial charge in [-0.1, -0.05) is 24.8 Å². The molecule has 0 aromatic heterocycles. The second kappa shape index (κ2) is 9.12. The Morgan fingerprint density at radius 3 is 2.24 bits per heavy atom. The smallest absolute Gasteiger partial charge is 0.269 e. The van der Waals surface area contributed by atoms with Gasteiger partial charge in [-0.2, -0.15) is 0 Å². The summed E-state index contributed by atoms with van der Waals surface area (Å²) in [6, 6.07) is 13.7. The number of hydrazine groups is 1. The van der Waals surface area contributed by atoms with Crippen LogP contribution < -0.4 is 20.3 Å². The zero-order valence-electron chi connectivity index (χ0n) is 14.0. The standard InChI is InChI=1S/C19H20N2O4/c1-3-12-25-17-10-6-15(7-11-17)19(23)21-20-18(22)13-14-4-8-16(24-2)9-5-14/h3-11H,1,12-13H2,2H3,(H,20,22)(H,21,23). The van der Waals surface area contributed by atoms with Crippen molar-refractivity contribution in [3.8, 4) is 11.5 Å². The summed E-state index contributed by atoms with van der Waals surface area (Å²) in [5, 5.41) is 0. The van der Waals surface area contributed by atoms with Gasteiger partial charge in [0, 0.05) is 5.56 Å². The van der Waals surface area contributed by atoms with Crippen molar-refractivity contribution >= 4 is 11.8 Å². The molecule has 2 N–H and O–H groups in total. The molecule has 0 aliphatic rings. The first kappa shape index (κ1) is 18.1. The molecule has 0 atom stereocenters. The van der Waals surface area contributed by atoms with Crippen molar-refractivity contribution in [3.05, 3.63) is 72.3 Å². The van der Waals surface area contributed by atoms with Crippen molar-refractivity contribution < 1.29 is 19.1 Å². The van der Waals surface area contributed by atoms with Crippen molar-refractivity contribution in [2.45, 2.75) is 6.42 Å². The monoisotopic (exact) mass is 340 g/mol. The molecule has 0 spiro atoms. The highest BCUT2D eigenvalue weighted by Crippen LogP contribution is 2.12. The van der Waals surface area contributed by atoms with Gasteiger partial charge in [-0.3, -0.25) is 20.4 Å². The lowest BCUT2D eigenvalue weighted by molar-refractivity contribution is -0.121. The topological polar surface area (TPSA) is 76.7 Å². The molecule has 6 heteroatoms. The van der Waals surface area contributed by atoms with E-state index in [9.17, 15) is 9.59 Å². The highest BCUT2D eigenvalue weighted by atomic mass is 16.5. The van der Waals surface area contributed by atoms with E-state index in [4.69, 9.17) is 9.47 Å². The van der Waals surface area contributed by atoms with Crippen LogP contribution in [0.1, 0.15) is 15.9 Å². The molecule has 0 unspecified atom stereocenters. The molecular weight excluding hydrogens is 320 g/mol. The fourth-order valence-electron chi connectivity index (χ4n) is 2.03. The zero-order chi connectivity index (χ0) is 18.1. The first-order valence-corrected chi connectivity index (χ1v) is 7.68. The molecular formula is C19H20N2O4. The number of hydrogen-bond donors (Lipinski definition) is 2. The number of amides is 2. The Bertz CT molecular complexity index is 724. The number of methoxy groups -OCH3 is 1. The molecule has 2 rings (SSSR count). The summed E-state index contributed by atoms with van der Waals surface area (Å²) in [4.78, 5) is 23.9. The van der Waals surface area contributed by atoms with E-state index in [-0.39, 0.29) is 12.3 Å². The number of carbonyl (C=O) groups is 2. The third-order valence-corrected chi connectivity index (χ3v) is 3.32. The molecule has 2 aromatic carbocycles. The van der Waals surface area contributed by atoms with Crippen LogP contribution in [0.3, 0.4) is 0 Å². The van der Waals surface area contributed by atoms with Gasteiger partial charge in [-0.15, -0.1) is 0 Å². The van der Waals surface area contributed by atoms with Crippen LogP contribution in [-0.2, 0) is 11.2 Å². The van der Waals surface area contributed by atoms with Crippen molar-refractivity contribution in [2.75, 3.05) is 13.7 Å². The predicted molar refractivity (Wildman–Crippen MR) is 94.4 cm³/mol. The van der Waals surface area contributed by atoms with Crippen molar-refractivity contribution in [1.29, 1.82) is 0 Å².